The summed E-state index contributed by atoms with van der Waals surface area (Å²) in [6.45, 7) is 14.9. The molecule has 13 rings (SSSR count). The first-order valence-corrected chi connectivity index (χ1v) is 25.0. The molecule has 0 aliphatic carbocycles. The Bertz CT molecular complexity index is 4240. The molecule has 10 heterocycles. The fourth-order valence-electron chi connectivity index (χ4n) is 9.27. The Morgan fingerprint density at radius 2 is 1.20 bits per heavy atom. The van der Waals surface area contributed by atoms with E-state index in [1.807, 2.05) is 92.5 Å². The zero-order valence-electron chi connectivity index (χ0n) is 43.7. The number of aryl methyl sites for hydroxylation is 1. The zero-order valence-corrected chi connectivity index (χ0v) is 43.7. The van der Waals surface area contributed by atoms with Gasteiger partial charge in [-0.1, -0.05) is 10.3 Å². The molecule has 1 amide bonds. The van der Waals surface area contributed by atoms with Crippen LogP contribution in [0.25, 0.3) is 99.9 Å². The molecule has 0 atom stereocenters. The maximum atomic E-state index is 11.5. The Kier molecular flexibility index (Phi) is 13.4. The van der Waals surface area contributed by atoms with Gasteiger partial charge in [-0.15, -0.1) is 0 Å². The van der Waals surface area contributed by atoms with Gasteiger partial charge in [0.15, 0.2) is 45.3 Å². The number of fused-ring (bicyclic) bond motifs is 6. The number of carbonyl (C=O) groups is 1. The highest BCUT2D eigenvalue weighted by Crippen LogP contribution is 2.37. The summed E-state index contributed by atoms with van der Waals surface area (Å²) in [6, 6.07) is 17.0. The molecule has 0 bridgehead atoms. The predicted molar refractivity (Wildman–Crippen MR) is 296 cm³/mol. The van der Waals surface area contributed by atoms with Crippen LogP contribution in [-0.4, -0.2) is 125 Å². The molecule has 28 nitrogen and oxygen atoms in total. The first kappa shape index (κ1) is 51.0. The molecule has 1 saturated heterocycles. The number of amides is 1. The van der Waals surface area contributed by atoms with Crippen LogP contribution < -0.4 is 34.0 Å². The van der Waals surface area contributed by atoms with E-state index in [0.717, 1.165) is 82.7 Å². The first-order chi connectivity index (χ1) is 38.1. The number of hydrogen-bond acceptors (Lipinski definition) is 24. The molecule has 9 aromatic heterocycles. The van der Waals surface area contributed by atoms with Gasteiger partial charge < -0.3 is 51.6 Å². The zero-order chi connectivity index (χ0) is 55.2. The lowest BCUT2D eigenvalue weighted by atomic mass is 10.1. The maximum absolute atomic E-state index is 11.5. The van der Waals surface area contributed by atoms with Gasteiger partial charge in [0.05, 0.1) is 53.8 Å². The van der Waals surface area contributed by atoms with Crippen LogP contribution in [0.15, 0.2) is 80.7 Å². The number of nitrogens with two attached hydrogens (primary N) is 5. The minimum absolute atomic E-state index is 0.0893. The van der Waals surface area contributed by atoms with E-state index in [1.54, 1.807) is 10.7 Å². The van der Waals surface area contributed by atoms with E-state index in [0.29, 0.717) is 85.7 Å². The van der Waals surface area contributed by atoms with E-state index in [9.17, 15) is 4.79 Å². The highest BCUT2D eigenvalue weighted by Gasteiger charge is 2.24. The molecule has 0 saturated carbocycles. The molecular weight excluding hydrogens is 1020 g/mol. The Balaban J connectivity index is 0.000000126. The molecule has 0 radical (unpaired) electrons. The Morgan fingerprint density at radius 3 is 1.87 bits per heavy atom. The second kappa shape index (κ2) is 20.8. The number of nitrogens with one attached hydrogen (secondary N) is 1. The van der Waals surface area contributed by atoms with E-state index in [-0.39, 0.29) is 23.9 Å². The number of hydrogen-bond donors (Lipinski definition) is 6. The Morgan fingerprint density at radius 1 is 0.633 bits per heavy atom. The number of carbonyl (C=O) groups excluding carboxylic acids is 1. The largest absolute Gasteiger partial charge is 0.453 e. The van der Waals surface area contributed by atoms with Crippen LogP contribution in [0.1, 0.15) is 45.6 Å². The number of oxazole rings is 1. The number of methoxy groups -OCH3 is 1. The summed E-state index contributed by atoms with van der Waals surface area (Å²) < 4.78 is 31.3. The molecule has 3 aromatic carbocycles. The molecule has 1 aliphatic rings. The van der Waals surface area contributed by atoms with E-state index in [4.69, 9.17) is 57.1 Å². The van der Waals surface area contributed by atoms with E-state index >= 15 is 0 Å². The van der Waals surface area contributed by atoms with E-state index < -0.39 is 6.09 Å². The van der Waals surface area contributed by atoms with Gasteiger partial charge in [-0.05, 0) is 89.2 Å². The average molecular weight is 1070 g/mol. The third-order valence-electron chi connectivity index (χ3n) is 13.1. The van der Waals surface area contributed by atoms with Crippen molar-refractivity contribution in [1.82, 2.24) is 79.4 Å². The van der Waals surface area contributed by atoms with Crippen molar-refractivity contribution < 1.29 is 27.7 Å². The molecule has 1 aliphatic heterocycles. The standard InChI is InChI=1S/C18H20N8O2.C17H17N7O3.C16H17N7O/c19-16-12-9-11(1-2-13(12)28-24-16)15-14-17(20)21-10-22-18(14)26(23-15)4-3-25-5-7-27-8-6-25;1-8(2)24-16-12(14(18)19-7-20-16)13(22-24)9-4-5-11-10(6-9)15(23-27-11)21-17(25)26-3;1-7(2)23-15-12(14(17)19-8(3)20-15)13(22-23)9-4-5-11-10(6-9)21-16(18)24-11/h1-2,9-10H,3-8H2,(H2,19,24)(H2,20,21,22);4-8H,1-3H3,(H2,18,19,20)(H,21,23,25);4-7H,1-3H3,(H2,18,21)(H2,17,19,20). The van der Waals surface area contributed by atoms with Crippen molar-refractivity contribution in [2.45, 2.75) is 53.2 Å². The molecule has 1 fully saturated rings. The SMILES string of the molecule is COC(=O)Nc1noc2ccc(-c3nn(C(C)C)c4ncnc(N)c34)cc12.Cc1nc(N)c2c(-c3ccc4oc(N)nc4c3)nn(C(C)C)c2n1.Nc1noc2ccc(-c3nn(CCN4CCOCC4)c4ncnc(N)c34)cc12. The fraction of sp³-hybridized carbons (Fsp3) is 0.275. The Labute approximate surface area is 447 Å². The van der Waals surface area contributed by atoms with Crippen LogP contribution in [0.4, 0.5) is 39.9 Å². The summed E-state index contributed by atoms with van der Waals surface area (Å²) in [5, 5.41) is 27.9. The molecule has 0 spiro atoms. The number of benzene rings is 3. The van der Waals surface area contributed by atoms with Crippen molar-refractivity contribution in [2.24, 2.45) is 0 Å². The average Bonchev–Trinajstić information content (AvgIpc) is 4.33. The monoisotopic (exact) mass is 1070 g/mol. The van der Waals surface area contributed by atoms with Crippen molar-refractivity contribution in [3.8, 4) is 33.8 Å². The quantitative estimate of drug-likeness (QED) is 0.0865. The van der Waals surface area contributed by atoms with Crippen LogP contribution in [0.2, 0.25) is 0 Å². The molecule has 28 heteroatoms. The number of nitrogen functional groups attached to an aromatic ring is 5. The number of anilines is 6. The molecule has 0 unspecified atom stereocenters. The summed E-state index contributed by atoms with van der Waals surface area (Å²) in [5.41, 5.74) is 39.1. The van der Waals surface area contributed by atoms with Gasteiger partial charge in [-0.25, -0.2) is 48.7 Å². The van der Waals surface area contributed by atoms with E-state index in [1.165, 1.54) is 19.8 Å². The molecular formula is C51H54N22O6. The smallest absolute Gasteiger partial charge is 0.412 e. The molecule has 79 heavy (non-hydrogen) atoms. The second-order valence-electron chi connectivity index (χ2n) is 18.9. The van der Waals surface area contributed by atoms with Crippen molar-refractivity contribution in [2.75, 3.05) is 73.9 Å². The number of morpholine rings is 1. The van der Waals surface area contributed by atoms with Crippen molar-refractivity contribution in [3.05, 3.63) is 73.1 Å². The van der Waals surface area contributed by atoms with Gasteiger partial charge in [-0.3, -0.25) is 10.2 Å². The van der Waals surface area contributed by atoms with Gasteiger partial charge in [0, 0.05) is 48.4 Å². The summed E-state index contributed by atoms with van der Waals surface area (Å²) in [6.07, 6.45) is 2.25. The summed E-state index contributed by atoms with van der Waals surface area (Å²) in [7, 11) is 1.27. The lowest BCUT2D eigenvalue weighted by Gasteiger charge is -2.26. The van der Waals surface area contributed by atoms with Gasteiger partial charge in [0.2, 0.25) is 0 Å². The number of ether oxygens (including phenoxy) is 2. The maximum Gasteiger partial charge on any atom is 0.412 e. The second-order valence-corrected chi connectivity index (χ2v) is 18.9. The summed E-state index contributed by atoms with van der Waals surface area (Å²) >= 11 is 0. The lowest BCUT2D eigenvalue weighted by molar-refractivity contribution is 0.0361. The number of nitrogens with zero attached hydrogens (tertiary/aromatic N) is 16. The van der Waals surface area contributed by atoms with Gasteiger partial charge in [-0.2, -0.15) is 20.3 Å². The lowest BCUT2D eigenvalue weighted by Crippen LogP contribution is -2.38. The molecule has 11 N–H and O–H groups in total. The molecule has 12 aromatic rings. The van der Waals surface area contributed by atoms with Crippen molar-refractivity contribution in [1.29, 1.82) is 0 Å². The van der Waals surface area contributed by atoms with Crippen LogP contribution >= 0.6 is 0 Å². The fourth-order valence-corrected chi connectivity index (χ4v) is 9.27. The van der Waals surface area contributed by atoms with Crippen LogP contribution in [0.3, 0.4) is 0 Å². The van der Waals surface area contributed by atoms with Crippen LogP contribution in [-0.2, 0) is 16.0 Å². The van der Waals surface area contributed by atoms with Gasteiger partial charge in [0.1, 0.15) is 58.5 Å². The predicted octanol–water partition coefficient (Wildman–Crippen LogP) is 6.80. The minimum Gasteiger partial charge on any atom is -0.453 e. The first-order valence-electron chi connectivity index (χ1n) is 25.0. The van der Waals surface area contributed by atoms with E-state index in [2.05, 4.69) is 65.3 Å². The Hall–Kier alpha value is -10.1. The highest BCUT2D eigenvalue weighted by atomic mass is 16.5. The minimum atomic E-state index is -0.636. The van der Waals surface area contributed by atoms with Crippen LogP contribution in [0, 0.1) is 6.92 Å². The van der Waals surface area contributed by atoms with Crippen molar-refractivity contribution >= 4 is 107 Å². The van der Waals surface area contributed by atoms with Crippen LogP contribution in [0.5, 0.6) is 0 Å². The number of rotatable bonds is 9. The van der Waals surface area contributed by atoms with Crippen molar-refractivity contribution in [3.63, 3.8) is 0 Å². The highest BCUT2D eigenvalue weighted by molar-refractivity contribution is 6.04. The summed E-state index contributed by atoms with van der Waals surface area (Å²) in [4.78, 5) is 43.9. The third-order valence-corrected chi connectivity index (χ3v) is 13.1. The number of aromatic nitrogens is 15. The topological polar surface area (TPSA) is 390 Å². The third kappa shape index (κ3) is 9.75. The van der Waals surface area contributed by atoms with Gasteiger partial charge >= 0.3 is 6.09 Å². The summed E-state index contributed by atoms with van der Waals surface area (Å²) in [5.74, 6) is 2.39. The molecule has 404 valence electrons. The normalized spacial score (nSPS) is 13.0. The van der Waals surface area contributed by atoms with Gasteiger partial charge in [0.25, 0.3) is 6.01 Å².